The molecule has 1 atom stereocenters. The van der Waals surface area contributed by atoms with Gasteiger partial charge >= 0.3 is 10.2 Å². The SMILES string of the molecule is CC1CCCN(S(=O)(=O)Nc2ccccc2CCl)C1. The Hall–Kier alpha value is -0.780. The van der Waals surface area contributed by atoms with Crippen molar-refractivity contribution in [2.45, 2.75) is 25.6 Å². The normalized spacial score (nSPS) is 21.3. The Morgan fingerprint density at radius 3 is 2.84 bits per heavy atom. The molecule has 0 spiro atoms. The van der Waals surface area contributed by atoms with E-state index in [-0.39, 0.29) is 5.88 Å². The van der Waals surface area contributed by atoms with Crippen molar-refractivity contribution in [2.75, 3.05) is 17.8 Å². The summed E-state index contributed by atoms with van der Waals surface area (Å²) >= 11 is 5.82. The summed E-state index contributed by atoms with van der Waals surface area (Å²) < 4.78 is 28.8. The predicted molar refractivity (Wildman–Crippen MR) is 78.5 cm³/mol. The first-order valence-electron chi connectivity index (χ1n) is 6.44. The van der Waals surface area contributed by atoms with Gasteiger partial charge in [0.2, 0.25) is 0 Å². The Balaban J connectivity index is 2.16. The molecule has 1 aromatic carbocycles. The molecule has 2 rings (SSSR count). The summed E-state index contributed by atoms with van der Waals surface area (Å²) in [6.45, 7) is 3.25. The lowest BCUT2D eigenvalue weighted by Crippen LogP contribution is -2.42. The standard InChI is InChI=1S/C13H19ClN2O2S/c1-11-5-4-8-16(10-11)19(17,18)15-13-7-3-2-6-12(13)9-14/h2-3,6-7,11,15H,4-5,8-10H2,1H3. The van der Waals surface area contributed by atoms with E-state index in [2.05, 4.69) is 11.6 Å². The molecule has 1 unspecified atom stereocenters. The van der Waals surface area contributed by atoms with Gasteiger partial charge < -0.3 is 0 Å². The van der Waals surface area contributed by atoms with E-state index >= 15 is 0 Å². The summed E-state index contributed by atoms with van der Waals surface area (Å²) in [5, 5.41) is 0. The molecule has 1 aliphatic heterocycles. The highest BCUT2D eigenvalue weighted by molar-refractivity contribution is 7.90. The molecular formula is C13H19ClN2O2S. The van der Waals surface area contributed by atoms with Crippen molar-refractivity contribution in [3.8, 4) is 0 Å². The zero-order chi connectivity index (χ0) is 13.9. The molecular weight excluding hydrogens is 284 g/mol. The molecule has 0 aromatic heterocycles. The highest BCUT2D eigenvalue weighted by atomic mass is 35.5. The van der Waals surface area contributed by atoms with Crippen LogP contribution >= 0.6 is 11.6 Å². The fourth-order valence-electron chi connectivity index (χ4n) is 2.30. The highest BCUT2D eigenvalue weighted by Gasteiger charge is 2.27. The van der Waals surface area contributed by atoms with Gasteiger partial charge in [-0.15, -0.1) is 11.6 Å². The van der Waals surface area contributed by atoms with E-state index in [0.29, 0.717) is 24.7 Å². The van der Waals surface area contributed by atoms with E-state index < -0.39 is 10.2 Å². The first-order chi connectivity index (χ1) is 9.03. The van der Waals surface area contributed by atoms with Crippen molar-refractivity contribution >= 4 is 27.5 Å². The average Bonchev–Trinajstić information content (AvgIpc) is 2.39. The topological polar surface area (TPSA) is 49.4 Å². The summed E-state index contributed by atoms with van der Waals surface area (Å²) in [4.78, 5) is 0. The number of piperidine rings is 1. The predicted octanol–water partition coefficient (Wildman–Crippen LogP) is 2.81. The van der Waals surface area contributed by atoms with E-state index in [1.807, 2.05) is 12.1 Å². The first kappa shape index (κ1) is 14.6. The number of halogens is 1. The Bertz CT molecular complexity index is 533. The van der Waals surface area contributed by atoms with Crippen molar-refractivity contribution < 1.29 is 8.42 Å². The zero-order valence-electron chi connectivity index (χ0n) is 11.0. The lowest BCUT2D eigenvalue weighted by atomic mass is 10.0. The fourth-order valence-corrected chi connectivity index (χ4v) is 3.96. The van der Waals surface area contributed by atoms with Crippen LogP contribution in [0.3, 0.4) is 0 Å². The summed E-state index contributed by atoms with van der Waals surface area (Å²) in [5.41, 5.74) is 1.36. The Morgan fingerprint density at radius 2 is 2.16 bits per heavy atom. The van der Waals surface area contributed by atoms with E-state index in [1.54, 1.807) is 12.1 Å². The second kappa shape index (κ2) is 6.11. The molecule has 106 valence electrons. The molecule has 0 radical (unpaired) electrons. The average molecular weight is 303 g/mol. The maximum absolute atomic E-state index is 12.3. The van der Waals surface area contributed by atoms with E-state index in [4.69, 9.17) is 11.6 Å². The number of alkyl halides is 1. The van der Waals surface area contributed by atoms with Crippen LogP contribution in [-0.4, -0.2) is 25.8 Å². The maximum atomic E-state index is 12.3. The van der Waals surface area contributed by atoms with Gasteiger partial charge in [0, 0.05) is 19.0 Å². The van der Waals surface area contributed by atoms with E-state index in [9.17, 15) is 8.42 Å². The van der Waals surface area contributed by atoms with Crippen molar-refractivity contribution in [3.63, 3.8) is 0 Å². The molecule has 1 aliphatic rings. The third-order valence-electron chi connectivity index (χ3n) is 3.36. The quantitative estimate of drug-likeness (QED) is 0.870. The van der Waals surface area contributed by atoms with Crippen molar-refractivity contribution in [2.24, 2.45) is 5.92 Å². The first-order valence-corrected chi connectivity index (χ1v) is 8.42. The molecule has 1 saturated heterocycles. The fraction of sp³-hybridized carbons (Fsp3) is 0.538. The van der Waals surface area contributed by atoms with E-state index in [0.717, 1.165) is 18.4 Å². The van der Waals surface area contributed by atoms with E-state index in [1.165, 1.54) is 4.31 Å². The molecule has 0 amide bonds. The minimum atomic E-state index is -3.48. The van der Waals surface area contributed by atoms with Gasteiger partial charge in [0.1, 0.15) is 0 Å². The molecule has 0 saturated carbocycles. The summed E-state index contributed by atoms with van der Waals surface area (Å²) in [6, 6.07) is 7.21. The molecule has 1 heterocycles. The van der Waals surface area contributed by atoms with Gasteiger partial charge in [0.15, 0.2) is 0 Å². The second-order valence-electron chi connectivity index (χ2n) is 5.00. The molecule has 4 nitrogen and oxygen atoms in total. The monoisotopic (exact) mass is 302 g/mol. The highest BCUT2D eigenvalue weighted by Crippen LogP contribution is 2.22. The minimum absolute atomic E-state index is 0.287. The minimum Gasteiger partial charge on any atom is -0.271 e. The van der Waals surface area contributed by atoms with Crippen LogP contribution in [0.15, 0.2) is 24.3 Å². The Morgan fingerprint density at radius 1 is 1.42 bits per heavy atom. The number of anilines is 1. The number of hydrogen-bond acceptors (Lipinski definition) is 2. The van der Waals surface area contributed by atoms with Gasteiger partial charge in [-0.25, -0.2) is 0 Å². The number of rotatable bonds is 4. The number of nitrogens with one attached hydrogen (secondary N) is 1. The van der Waals surface area contributed by atoms with Crippen LogP contribution in [0.2, 0.25) is 0 Å². The van der Waals surface area contributed by atoms with Crippen LogP contribution in [-0.2, 0) is 16.1 Å². The number of hydrogen-bond donors (Lipinski definition) is 1. The van der Waals surface area contributed by atoms with Crippen LogP contribution in [0.5, 0.6) is 0 Å². The van der Waals surface area contributed by atoms with Crippen LogP contribution in [0.4, 0.5) is 5.69 Å². The van der Waals surface area contributed by atoms with Crippen molar-refractivity contribution in [1.82, 2.24) is 4.31 Å². The molecule has 19 heavy (non-hydrogen) atoms. The lowest BCUT2D eigenvalue weighted by molar-refractivity contribution is 0.282. The van der Waals surface area contributed by atoms with Crippen LogP contribution < -0.4 is 4.72 Å². The van der Waals surface area contributed by atoms with Gasteiger partial charge in [-0.1, -0.05) is 25.1 Å². The molecule has 0 bridgehead atoms. The number of benzene rings is 1. The van der Waals surface area contributed by atoms with Crippen molar-refractivity contribution in [1.29, 1.82) is 0 Å². The molecule has 1 N–H and O–H groups in total. The van der Waals surface area contributed by atoms with Gasteiger partial charge in [-0.05, 0) is 30.4 Å². The van der Waals surface area contributed by atoms with Gasteiger partial charge in [-0.2, -0.15) is 12.7 Å². The third kappa shape index (κ3) is 3.61. The second-order valence-corrected chi connectivity index (χ2v) is 6.94. The number of para-hydroxylation sites is 1. The smallest absolute Gasteiger partial charge is 0.271 e. The van der Waals surface area contributed by atoms with Crippen LogP contribution in [0, 0.1) is 5.92 Å². The molecule has 6 heteroatoms. The van der Waals surface area contributed by atoms with Crippen LogP contribution in [0.25, 0.3) is 0 Å². The Labute approximate surface area is 119 Å². The largest absolute Gasteiger partial charge is 0.301 e. The Kier molecular flexibility index (Phi) is 4.71. The maximum Gasteiger partial charge on any atom is 0.301 e. The summed E-state index contributed by atoms with van der Waals surface area (Å²) in [5.74, 6) is 0.698. The summed E-state index contributed by atoms with van der Waals surface area (Å²) in [6.07, 6.45) is 2.00. The third-order valence-corrected chi connectivity index (χ3v) is 5.14. The zero-order valence-corrected chi connectivity index (χ0v) is 12.5. The van der Waals surface area contributed by atoms with Gasteiger partial charge in [0.05, 0.1) is 5.69 Å². The van der Waals surface area contributed by atoms with Crippen molar-refractivity contribution in [3.05, 3.63) is 29.8 Å². The summed E-state index contributed by atoms with van der Waals surface area (Å²) in [7, 11) is -3.48. The molecule has 1 fully saturated rings. The lowest BCUT2D eigenvalue weighted by Gasteiger charge is -2.30. The van der Waals surface area contributed by atoms with Crippen LogP contribution in [0.1, 0.15) is 25.3 Å². The molecule has 0 aliphatic carbocycles. The van der Waals surface area contributed by atoms with Gasteiger partial charge in [-0.3, -0.25) is 4.72 Å². The molecule has 1 aromatic rings. The van der Waals surface area contributed by atoms with Gasteiger partial charge in [0.25, 0.3) is 0 Å². The number of nitrogens with zero attached hydrogens (tertiary/aromatic N) is 1.